The average Bonchev–Trinajstić information content (AvgIpc) is 2.49. The summed E-state index contributed by atoms with van der Waals surface area (Å²) in [5.74, 6) is 0.0746. The van der Waals surface area contributed by atoms with Gasteiger partial charge >= 0.3 is 0 Å². The van der Waals surface area contributed by atoms with Gasteiger partial charge < -0.3 is 11.1 Å². The van der Waals surface area contributed by atoms with Gasteiger partial charge in [-0.25, -0.2) is 0 Å². The summed E-state index contributed by atoms with van der Waals surface area (Å²) in [6.45, 7) is 6.26. The predicted octanol–water partition coefficient (Wildman–Crippen LogP) is 3.99. The summed E-state index contributed by atoms with van der Waals surface area (Å²) < 4.78 is 0. The van der Waals surface area contributed by atoms with Crippen LogP contribution in [0.2, 0.25) is 0 Å². The Morgan fingerprint density at radius 1 is 1.12 bits per heavy atom. The number of hydrogen-bond acceptors (Lipinski definition) is 2. The summed E-state index contributed by atoms with van der Waals surface area (Å²) in [7, 11) is 0. The minimum absolute atomic E-state index is 0. The van der Waals surface area contributed by atoms with E-state index in [0.29, 0.717) is 12.8 Å². The lowest BCUT2D eigenvalue weighted by Gasteiger charge is -2.16. The first-order chi connectivity index (χ1) is 11.0. The number of para-hydroxylation sites is 1. The Labute approximate surface area is 151 Å². The van der Waals surface area contributed by atoms with E-state index < -0.39 is 0 Å². The molecule has 1 amide bonds. The topological polar surface area (TPSA) is 55.1 Å². The molecule has 0 aliphatic heterocycles. The lowest BCUT2D eigenvalue weighted by molar-refractivity contribution is -0.121. The Hall–Kier alpha value is -2.00. The number of amides is 1. The zero-order chi connectivity index (χ0) is 16.8. The first kappa shape index (κ1) is 20.0. The van der Waals surface area contributed by atoms with E-state index in [2.05, 4.69) is 37.4 Å². The first-order valence-electron chi connectivity index (χ1n) is 8.14. The summed E-state index contributed by atoms with van der Waals surface area (Å²) >= 11 is 0. The Balaban J connectivity index is 0.00000288. The van der Waals surface area contributed by atoms with E-state index in [0.717, 1.165) is 17.7 Å². The molecule has 0 saturated heterocycles. The molecule has 0 fully saturated rings. The third-order valence-electron chi connectivity index (χ3n) is 4.11. The van der Waals surface area contributed by atoms with Crippen LogP contribution < -0.4 is 11.1 Å². The van der Waals surface area contributed by atoms with Crippen LogP contribution in [0.5, 0.6) is 0 Å². The maximum atomic E-state index is 12.1. The van der Waals surface area contributed by atoms with E-state index in [1.807, 2.05) is 31.2 Å². The molecule has 0 aromatic heterocycles. The molecule has 1 atom stereocenters. The molecule has 2 rings (SSSR count). The molecule has 130 valence electrons. The number of carbonyl (C=O) groups excluding carboxylic acids is 1. The van der Waals surface area contributed by atoms with Crippen LogP contribution in [0.25, 0.3) is 0 Å². The van der Waals surface area contributed by atoms with Crippen molar-refractivity contribution in [1.82, 2.24) is 5.32 Å². The third kappa shape index (κ3) is 5.89. The molecule has 0 aliphatic rings. The van der Waals surface area contributed by atoms with Gasteiger partial charge in [0, 0.05) is 18.2 Å². The summed E-state index contributed by atoms with van der Waals surface area (Å²) in [5, 5.41) is 3.08. The molecule has 0 radical (unpaired) electrons. The largest absolute Gasteiger partial charge is 0.399 e. The van der Waals surface area contributed by atoms with Gasteiger partial charge in [-0.15, -0.1) is 12.4 Å². The van der Waals surface area contributed by atoms with Crippen LogP contribution in [0, 0.1) is 13.8 Å². The van der Waals surface area contributed by atoms with Crippen LogP contribution in [0.1, 0.15) is 35.6 Å². The quantitative estimate of drug-likeness (QED) is 0.777. The molecule has 2 aromatic carbocycles. The fraction of sp³-hybridized carbons (Fsp3) is 0.350. The number of nitrogens with one attached hydrogen (secondary N) is 1. The predicted molar refractivity (Wildman–Crippen MR) is 104 cm³/mol. The fourth-order valence-corrected chi connectivity index (χ4v) is 2.81. The second-order valence-electron chi connectivity index (χ2n) is 6.30. The molecule has 1 unspecified atom stereocenters. The molecule has 0 bridgehead atoms. The molecular formula is C20H27ClN2O. The van der Waals surface area contributed by atoms with Crippen molar-refractivity contribution in [3.8, 4) is 0 Å². The van der Waals surface area contributed by atoms with Gasteiger partial charge in [0.15, 0.2) is 0 Å². The Kier molecular flexibility index (Phi) is 7.80. The molecule has 24 heavy (non-hydrogen) atoms. The average molecular weight is 347 g/mol. The Bertz CT molecular complexity index is 685. The van der Waals surface area contributed by atoms with Gasteiger partial charge in [0.2, 0.25) is 5.91 Å². The van der Waals surface area contributed by atoms with Crippen LogP contribution in [-0.2, 0) is 17.6 Å². The molecule has 3 nitrogen and oxygen atoms in total. The number of aryl methyl sites for hydroxylation is 3. The Morgan fingerprint density at radius 3 is 2.50 bits per heavy atom. The molecule has 3 N–H and O–H groups in total. The maximum Gasteiger partial charge on any atom is 0.220 e. The second-order valence-corrected chi connectivity index (χ2v) is 6.30. The van der Waals surface area contributed by atoms with Gasteiger partial charge in [-0.1, -0.05) is 42.0 Å². The molecule has 0 heterocycles. The zero-order valence-electron chi connectivity index (χ0n) is 14.6. The van der Waals surface area contributed by atoms with E-state index in [9.17, 15) is 4.79 Å². The third-order valence-corrected chi connectivity index (χ3v) is 4.11. The van der Waals surface area contributed by atoms with Gasteiger partial charge in [-0.05, 0) is 56.4 Å². The smallest absolute Gasteiger partial charge is 0.220 e. The van der Waals surface area contributed by atoms with Crippen molar-refractivity contribution in [2.24, 2.45) is 0 Å². The normalized spacial score (nSPS) is 11.5. The summed E-state index contributed by atoms with van der Waals surface area (Å²) in [5.41, 5.74) is 11.5. The van der Waals surface area contributed by atoms with Gasteiger partial charge in [0.05, 0.1) is 0 Å². The summed E-state index contributed by atoms with van der Waals surface area (Å²) in [4.78, 5) is 12.1. The van der Waals surface area contributed by atoms with Crippen molar-refractivity contribution in [1.29, 1.82) is 0 Å². The molecular weight excluding hydrogens is 320 g/mol. The lowest BCUT2D eigenvalue weighted by Crippen LogP contribution is -2.34. The van der Waals surface area contributed by atoms with Crippen LogP contribution in [0.4, 0.5) is 5.69 Å². The minimum Gasteiger partial charge on any atom is -0.399 e. The van der Waals surface area contributed by atoms with Gasteiger partial charge in [0.1, 0.15) is 0 Å². The first-order valence-corrected chi connectivity index (χ1v) is 8.14. The van der Waals surface area contributed by atoms with Crippen molar-refractivity contribution in [2.75, 3.05) is 5.73 Å². The van der Waals surface area contributed by atoms with E-state index >= 15 is 0 Å². The highest BCUT2D eigenvalue weighted by Crippen LogP contribution is 2.14. The lowest BCUT2D eigenvalue weighted by atomic mass is 10.00. The molecule has 2 aromatic rings. The maximum absolute atomic E-state index is 12.1. The van der Waals surface area contributed by atoms with Crippen molar-refractivity contribution in [2.45, 2.75) is 46.1 Å². The van der Waals surface area contributed by atoms with Crippen LogP contribution in [-0.4, -0.2) is 11.9 Å². The Morgan fingerprint density at radius 2 is 1.83 bits per heavy atom. The van der Waals surface area contributed by atoms with Crippen molar-refractivity contribution in [3.63, 3.8) is 0 Å². The number of benzene rings is 2. The van der Waals surface area contributed by atoms with Gasteiger partial charge in [-0.3, -0.25) is 4.79 Å². The number of anilines is 1. The number of hydrogen-bond donors (Lipinski definition) is 2. The summed E-state index contributed by atoms with van der Waals surface area (Å²) in [6.07, 6.45) is 1.99. The van der Waals surface area contributed by atoms with Crippen LogP contribution in [0.15, 0.2) is 42.5 Å². The molecule has 0 saturated carbocycles. The van der Waals surface area contributed by atoms with Crippen molar-refractivity contribution >= 4 is 24.0 Å². The number of nitrogens with two attached hydrogens (primary N) is 1. The van der Waals surface area contributed by atoms with E-state index in [1.165, 1.54) is 16.7 Å². The number of rotatable bonds is 6. The number of nitrogen functional groups attached to an aromatic ring is 1. The second kappa shape index (κ2) is 9.33. The highest BCUT2D eigenvalue weighted by molar-refractivity contribution is 5.85. The SMILES string of the molecule is Cc1ccc(CC(C)NC(=O)CCc2ccccc2N)c(C)c1.Cl. The van der Waals surface area contributed by atoms with E-state index in [1.54, 1.807) is 0 Å². The standard InChI is InChI=1S/C20H26N2O.ClH/c1-14-8-9-18(15(2)12-14)13-16(3)22-20(23)11-10-17-6-4-5-7-19(17)21;/h4-9,12,16H,10-11,13,21H2,1-3H3,(H,22,23);1H. The molecule has 4 heteroatoms. The van der Waals surface area contributed by atoms with E-state index in [-0.39, 0.29) is 24.4 Å². The summed E-state index contributed by atoms with van der Waals surface area (Å²) in [6, 6.07) is 14.3. The highest BCUT2D eigenvalue weighted by atomic mass is 35.5. The van der Waals surface area contributed by atoms with Crippen LogP contribution >= 0.6 is 12.4 Å². The number of carbonyl (C=O) groups is 1. The molecule has 0 spiro atoms. The van der Waals surface area contributed by atoms with Gasteiger partial charge in [0.25, 0.3) is 0 Å². The van der Waals surface area contributed by atoms with E-state index in [4.69, 9.17) is 5.73 Å². The van der Waals surface area contributed by atoms with Crippen molar-refractivity contribution < 1.29 is 4.79 Å². The van der Waals surface area contributed by atoms with Crippen molar-refractivity contribution in [3.05, 3.63) is 64.7 Å². The fourth-order valence-electron chi connectivity index (χ4n) is 2.81. The monoisotopic (exact) mass is 346 g/mol. The van der Waals surface area contributed by atoms with Crippen LogP contribution in [0.3, 0.4) is 0 Å². The minimum atomic E-state index is 0. The van der Waals surface area contributed by atoms with Gasteiger partial charge in [-0.2, -0.15) is 0 Å². The number of halogens is 1. The zero-order valence-corrected chi connectivity index (χ0v) is 15.5. The molecule has 0 aliphatic carbocycles. The highest BCUT2D eigenvalue weighted by Gasteiger charge is 2.10.